The molecular formula is C15H22N2O2S. The highest BCUT2D eigenvalue weighted by Crippen LogP contribution is 2.27. The number of hydrogen-bond donors (Lipinski definition) is 1. The van der Waals surface area contributed by atoms with Crippen molar-refractivity contribution in [1.82, 2.24) is 9.97 Å². The van der Waals surface area contributed by atoms with Gasteiger partial charge in [0.2, 0.25) is 0 Å². The lowest BCUT2D eigenvalue weighted by Gasteiger charge is -2.22. The molecule has 0 spiro atoms. The van der Waals surface area contributed by atoms with Gasteiger partial charge in [-0.3, -0.25) is 4.79 Å². The number of carbonyl (C=O) groups is 1. The second-order valence-corrected chi connectivity index (χ2v) is 6.89. The maximum atomic E-state index is 11.1. The van der Waals surface area contributed by atoms with Crippen LogP contribution in [0.3, 0.4) is 0 Å². The summed E-state index contributed by atoms with van der Waals surface area (Å²) in [6.45, 7) is 6.37. The first kappa shape index (κ1) is 15.3. The van der Waals surface area contributed by atoms with E-state index < -0.39 is 5.97 Å². The van der Waals surface area contributed by atoms with E-state index in [1.54, 1.807) is 0 Å². The Labute approximate surface area is 124 Å². The number of aromatic nitrogens is 2. The smallest absolute Gasteiger partial charge is 0.306 e. The van der Waals surface area contributed by atoms with Crippen molar-refractivity contribution in [3.63, 3.8) is 0 Å². The van der Waals surface area contributed by atoms with Crippen LogP contribution in [0, 0.1) is 12.8 Å². The number of fused-ring (bicyclic) bond motifs is 1. The molecule has 0 bridgehead atoms. The number of nitrogens with zero attached hydrogens (tertiary/aromatic N) is 2. The van der Waals surface area contributed by atoms with E-state index in [1.165, 1.54) is 0 Å². The number of thioether (sulfide) groups is 1. The van der Waals surface area contributed by atoms with Crippen molar-refractivity contribution in [2.45, 2.75) is 57.5 Å². The van der Waals surface area contributed by atoms with Gasteiger partial charge in [-0.05, 0) is 38.2 Å². The molecule has 1 aliphatic rings. The van der Waals surface area contributed by atoms with Gasteiger partial charge < -0.3 is 5.11 Å². The minimum absolute atomic E-state index is 0.273. The summed E-state index contributed by atoms with van der Waals surface area (Å²) in [5.74, 6) is 0.753. The lowest BCUT2D eigenvalue weighted by atomic mass is 9.86. The summed E-state index contributed by atoms with van der Waals surface area (Å²) in [6.07, 6.45) is 3.18. The Balaban J connectivity index is 2.14. The zero-order chi connectivity index (χ0) is 14.7. The number of hydrogen-bond acceptors (Lipinski definition) is 4. The maximum absolute atomic E-state index is 11.1. The van der Waals surface area contributed by atoms with Crippen LogP contribution < -0.4 is 0 Å². The Hall–Kier alpha value is -1.10. The largest absolute Gasteiger partial charge is 0.481 e. The van der Waals surface area contributed by atoms with Crippen molar-refractivity contribution in [1.29, 1.82) is 0 Å². The first-order chi connectivity index (χ1) is 9.51. The zero-order valence-corrected chi connectivity index (χ0v) is 13.2. The molecule has 2 rings (SSSR count). The van der Waals surface area contributed by atoms with Crippen LogP contribution in [0.1, 0.15) is 49.5 Å². The first-order valence-corrected chi connectivity index (χ1v) is 8.25. The summed E-state index contributed by atoms with van der Waals surface area (Å²) in [5.41, 5.74) is 3.08. The topological polar surface area (TPSA) is 63.1 Å². The number of rotatable bonds is 5. The van der Waals surface area contributed by atoms with E-state index in [0.29, 0.717) is 18.1 Å². The van der Waals surface area contributed by atoms with Gasteiger partial charge in [0, 0.05) is 16.6 Å². The SMILES string of the molecule is CCC(C)SCc1nc(C)c2c(n1)CCC(C(=O)O)C2. The molecule has 1 aliphatic carbocycles. The lowest BCUT2D eigenvalue weighted by molar-refractivity contribution is -0.142. The van der Waals surface area contributed by atoms with Gasteiger partial charge in [-0.25, -0.2) is 9.97 Å². The molecule has 0 aromatic carbocycles. The van der Waals surface area contributed by atoms with Crippen LogP contribution in [0.15, 0.2) is 0 Å². The van der Waals surface area contributed by atoms with E-state index in [4.69, 9.17) is 5.11 Å². The van der Waals surface area contributed by atoms with Crippen LogP contribution in [0.2, 0.25) is 0 Å². The van der Waals surface area contributed by atoms with Gasteiger partial charge in [0.25, 0.3) is 0 Å². The fraction of sp³-hybridized carbons (Fsp3) is 0.667. The molecule has 0 amide bonds. The Morgan fingerprint density at radius 3 is 2.90 bits per heavy atom. The van der Waals surface area contributed by atoms with Crippen molar-refractivity contribution in [3.8, 4) is 0 Å². The summed E-state index contributed by atoms with van der Waals surface area (Å²) in [5, 5.41) is 9.75. The van der Waals surface area contributed by atoms with Gasteiger partial charge in [-0.15, -0.1) is 0 Å². The van der Waals surface area contributed by atoms with Gasteiger partial charge in [0.05, 0.1) is 11.7 Å². The first-order valence-electron chi connectivity index (χ1n) is 7.21. The maximum Gasteiger partial charge on any atom is 0.306 e. The molecule has 1 aromatic rings. The predicted octanol–water partition coefficient (Wildman–Crippen LogP) is 3.01. The fourth-order valence-electron chi connectivity index (χ4n) is 2.46. The highest BCUT2D eigenvalue weighted by Gasteiger charge is 2.27. The monoisotopic (exact) mass is 294 g/mol. The van der Waals surface area contributed by atoms with Gasteiger partial charge in [-0.1, -0.05) is 13.8 Å². The third-order valence-corrected chi connectivity index (χ3v) is 5.27. The number of aryl methyl sites for hydroxylation is 2. The molecule has 0 radical (unpaired) electrons. The van der Waals surface area contributed by atoms with E-state index >= 15 is 0 Å². The summed E-state index contributed by atoms with van der Waals surface area (Å²) in [6, 6.07) is 0. The third-order valence-electron chi connectivity index (χ3n) is 3.95. The van der Waals surface area contributed by atoms with E-state index in [0.717, 1.165) is 41.4 Å². The molecule has 1 heterocycles. The van der Waals surface area contributed by atoms with Gasteiger partial charge in [0.1, 0.15) is 5.82 Å². The lowest BCUT2D eigenvalue weighted by Crippen LogP contribution is -2.24. The van der Waals surface area contributed by atoms with Crippen molar-refractivity contribution in [2.24, 2.45) is 5.92 Å². The number of carboxylic acids is 1. The number of carboxylic acid groups (broad SMARTS) is 1. The van der Waals surface area contributed by atoms with Crippen LogP contribution in [0.5, 0.6) is 0 Å². The second kappa shape index (κ2) is 6.57. The van der Waals surface area contributed by atoms with E-state index in [1.807, 2.05) is 18.7 Å². The Morgan fingerprint density at radius 1 is 1.50 bits per heavy atom. The summed E-state index contributed by atoms with van der Waals surface area (Å²) >= 11 is 1.88. The average molecular weight is 294 g/mol. The van der Waals surface area contributed by atoms with Crippen LogP contribution >= 0.6 is 11.8 Å². The molecule has 0 fully saturated rings. The summed E-state index contributed by atoms with van der Waals surface area (Å²) in [7, 11) is 0. The van der Waals surface area contributed by atoms with Crippen LogP contribution in [-0.4, -0.2) is 26.3 Å². The number of aliphatic carboxylic acids is 1. The molecule has 4 nitrogen and oxygen atoms in total. The minimum atomic E-state index is -0.702. The molecular weight excluding hydrogens is 272 g/mol. The molecule has 0 saturated heterocycles. The van der Waals surface area contributed by atoms with E-state index in [9.17, 15) is 4.79 Å². The molecule has 0 saturated carbocycles. The van der Waals surface area contributed by atoms with Crippen LogP contribution in [0.4, 0.5) is 0 Å². The quantitative estimate of drug-likeness (QED) is 0.904. The van der Waals surface area contributed by atoms with Gasteiger partial charge in [0.15, 0.2) is 0 Å². The Morgan fingerprint density at radius 2 is 2.25 bits per heavy atom. The predicted molar refractivity (Wildman–Crippen MR) is 81.0 cm³/mol. The molecule has 1 N–H and O–H groups in total. The molecule has 5 heteroatoms. The Kier molecular flexibility index (Phi) is 5.02. The summed E-state index contributed by atoms with van der Waals surface area (Å²) < 4.78 is 0. The second-order valence-electron chi connectivity index (χ2n) is 5.46. The highest BCUT2D eigenvalue weighted by molar-refractivity contribution is 7.99. The zero-order valence-electron chi connectivity index (χ0n) is 12.3. The molecule has 110 valence electrons. The Bertz CT molecular complexity index is 505. The molecule has 2 unspecified atom stereocenters. The highest BCUT2D eigenvalue weighted by atomic mass is 32.2. The molecule has 2 atom stereocenters. The summed E-state index contributed by atoms with van der Waals surface area (Å²) in [4.78, 5) is 20.3. The van der Waals surface area contributed by atoms with Crippen LogP contribution in [-0.2, 0) is 23.4 Å². The minimum Gasteiger partial charge on any atom is -0.481 e. The molecule has 1 aromatic heterocycles. The van der Waals surface area contributed by atoms with E-state index in [2.05, 4.69) is 23.8 Å². The van der Waals surface area contributed by atoms with Crippen molar-refractivity contribution in [2.75, 3.05) is 0 Å². The van der Waals surface area contributed by atoms with Crippen molar-refractivity contribution < 1.29 is 9.90 Å². The van der Waals surface area contributed by atoms with Gasteiger partial charge >= 0.3 is 5.97 Å². The van der Waals surface area contributed by atoms with Crippen molar-refractivity contribution in [3.05, 3.63) is 22.8 Å². The van der Waals surface area contributed by atoms with Crippen LogP contribution in [0.25, 0.3) is 0 Å². The normalized spacial score (nSPS) is 19.4. The fourth-order valence-corrected chi connectivity index (χ4v) is 3.26. The third kappa shape index (κ3) is 3.51. The standard InChI is InChI=1S/C15H22N2O2S/c1-4-9(2)20-8-14-16-10(3)12-7-11(15(18)19)5-6-13(12)17-14/h9,11H,4-8H2,1-3H3,(H,18,19). The van der Waals surface area contributed by atoms with Crippen molar-refractivity contribution >= 4 is 17.7 Å². The molecule has 20 heavy (non-hydrogen) atoms. The molecule has 0 aliphatic heterocycles. The van der Waals surface area contributed by atoms with E-state index in [-0.39, 0.29) is 5.92 Å². The van der Waals surface area contributed by atoms with Gasteiger partial charge in [-0.2, -0.15) is 11.8 Å². The average Bonchev–Trinajstić information content (AvgIpc) is 2.44.